The van der Waals surface area contributed by atoms with E-state index in [0.717, 1.165) is 23.2 Å². The standard InChI is InChI=1S/C16H26O4Si/c1-7-21(6,8-2)11-13-10-16(9-12(13)3,14(17)19-4)15(18)20-5/h11H,3,7-10H2,1-2,4-6H3/b13-11+. The SMILES string of the molecule is C=C1CC(C(=O)OC)(C(=O)OC)C/C1=C\[Si](C)(CC)CC. The summed E-state index contributed by atoms with van der Waals surface area (Å²) in [4.78, 5) is 24.3. The van der Waals surface area contributed by atoms with Crippen LogP contribution in [0.25, 0.3) is 0 Å². The van der Waals surface area contributed by atoms with E-state index in [1.54, 1.807) is 0 Å². The number of hydrogen-bond donors (Lipinski definition) is 0. The topological polar surface area (TPSA) is 52.6 Å². The molecule has 1 rings (SSSR count). The molecule has 0 aromatic carbocycles. The van der Waals surface area contributed by atoms with Gasteiger partial charge in [0.15, 0.2) is 5.41 Å². The summed E-state index contributed by atoms with van der Waals surface area (Å²) in [7, 11) is 1.12. The fraction of sp³-hybridized carbons (Fsp3) is 0.625. The quantitative estimate of drug-likeness (QED) is 0.444. The van der Waals surface area contributed by atoms with Gasteiger partial charge in [0.25, 0.3) is 0 Å². The maximum Gasteiger partial charge on any atom is 0.323 e. The lowest BCUT2D eigenvalue weighted by atomic mass is 9.86. The third-order valence-electron chi connectivity index (χ3n) is 4.75. The van der Waals surface area contributed by atoms with Crippen LogP contribution in [0.15, 0.2) is 23.4 Å². The molecule has 4 nitrogen and oxygen atoms in total. The molecule has 0 atom stereocenters. The van der Waals surface area contributed by atoms with Crippen LogP contribution in [-0.4, -0.2) is 34.2 Å². The summed E-state index contributed by atoms with van der Waals surface area (Å²) in [6, 6.07) is 2.26. The van der Waals surface area contributed by atoms with Crippen molar-refractivity contribution in [2.75, 3.05) is 14.2 Å². The monoisotopic (exact) mass is 310 g/mol. The molecule has 0 heterocycles. The van der Waals surface area contributed by atoms with Crippen molar-refractivity contribution in [3.05, 3.63) is 23.4 Å². The molecular weight excluding hydrogens is 284 g/mol. The first-order valence-corrected chi connectivity index (χ1v) is 10.3. The van der Waals surface area contributed by atoms with Crippen LogP contribution in [0.3, 0.4) is 0 Å². The zero-order valence-corrected chi connectivity index (χ0v) is 14.7. The molecule has 0 aliphatic heterocycles. The Morgan fingerprint density at radius 1 is 1.19 bits per heavy atom. The maximum absolute atomic E-state index is 12.2. The summed E-state index contributed by atoms with van der Waals surface area (Å²) in [5, 5.41) is 0. The van der Waals surface area contributed by atoms with E-state index in [1.807, 2.05) is 0 Å². The van der Waals surface area contributed by atoms with Gasteiger partial charge >= 0.3 is 11.9 Å². The number of allylic oxidation sites excluding steroid dienone is 2. The third kappa shape index (κ3) is 3.28. The molecule has 0 saturated heterocycles. The molecule has 0 radical (unpaired) electrons. The van der Waals surface area contributed by atoms with Crippen LogP contribution in [-0.2, 0) is 19.1 Å². The van der Waals surface area contributed by atoms with Crippen molar-refractivity contribution in [3.63, 3.8) is 0 Å². The molecule has 1 aliphatic rings. The predicted octanol–water partition coefficient (Wildman–Crippen LogP) is 3.25. The zero-order valence-electron chi connectivity index (χ0n) is 13.7. The minimum Gasteiger partial charge on any atom is -0.468 e. The van der Waals surface area contributed by atoms with Gasteiger partial charge in [0.05, 0.1) is 22.3 Å². The molecule has 0 N–H and O–H groups in total. The number of hydrogen-bond acceptors (Lipinski definition) is 4. The highest BCUT2D eigenvalue weighted by atomic mass is 28.3. The van der Waals surface area contributed by atoms with Gasteiger partial charge in [-0.1, -0.05) is 55.9 Å². The molecule has 0 aromatic heterocycles. The number of rotatable bonds is 5. The first-order chi connectivity index (χ1) is 9.78. The van der Waals surface area contributed by atoms with Crippen LogP contribution >= 0.6 is 0 Å². The van der Waals surface area contributed by atoms with Crippen molar-refractivity contribution in [1.29, 1.82) is 0 Å². The summed E-state index contributed by atoms with van der Waals surface area (Å²) < 4.78 is 9.69. The van der Waals surface area contributed by atoms with Crippen molar-refractivity contribution in [2.45, 2.75) is 45.3 Å². The second-order valence-corrected chi connectivity index (χ2v) is 11.1. The van der Waals surface area contributed by atoms with Gasteiger partial charge in [0.1, 0.15) is 0 Å². The molecule has 1 fully saturated rings. The number of carbonyl (C=O) groups is 2. The minimum atomic E-state index is -1.48. The average molecular weight is 310 g/mol. The van der Waals surface area contributed by atoms with Crippen molar-refractivity contribution in [2.24, 2.45) is 5.41 Å². The Morgan fingerprint density at radius 3 is 2.05 bits per heavy atom. The second kappa shape index (κ2) is 6.60. The van der Waals surface area contributed by atoms with Crippen molar-refractivity contribution in [1.82, 2.24) is 0 Å². The molecule has 0 bridgehead atoms. The van der Waals surface area contributed by atoms with E-state index < -0.39 is 25.4 Å². The Balaban J connectivity index is 3.22. The Morgan fingerprint density at radius 2 is 1.67 bits per heavy atom. The highest BCUT2D eigenvalue weighted by molar-refractivity contribution is 6.83. The Labute approximate surface area is 128 Å². The molecule has 0 amide bonds. The van der Waals surface area contributed by atoms with Gasteiger partial charge in [0, 0.05) is 0 Å². The highest BCUT2D eigenvalue weighted by Gasteiger charge is 2.53. The number of carbonyl (C=O) groups excluding carboxylic acids is 2. The van der Waals surface area contributed by atoms with E-state index in [0.29, 0.717) is 6.42 Å². The van der Waals surface area contributed by atoms with E-state index in [2.05, 4.69) is 32.7 Å². The van der Waals surface area contributed by atoms with Crippen LogP contribution in [0.4, 0.5) is 0 Å². The van der Waals surface area contributed by atoms with Crippen LogP contribution in [0.1, 0.15) is 26.7 Å². The highest BCUT2D eigenvalue weighted by Crippen LogP contribution is 2.47. The maximum atomic E-state index is 12.2. The molecule has 1 aliphatic carbocycles. The lowest BCUT2D eigenvalue weighted by Gasteiger charge is -2.23. The van der Waals surface area contributed by atoms with Crippen molar-refractivity contribution < 1.29 is 19.1 Å². The normalized spacial score (nSPS) is 19.7. The lowest BCUT2D eigenvalue weighted by Crippen LogP contribution is -2.39. The van der Waals surface area contributed by atoms with Gasteiger partial charge in [-0.2, -0.15) is 0 Å². The predicted molar refractivity (Wildman–Crippen MR) is 85.5 cm³/mol. The largest absolute Gasteiger partial charge is 0.468 e. The Bertz CT molecular complexity index is 459. The molecule has 21 heavy (non-hydrogen) atoms. The molecular formula is C16H26O4Si. The first kappa shape index (κ1) is 17.7. The summed E-state index contributed by atoms with van der Waals surface area (Å²) in [5.74, 6) is -1.06. The van der Waals surface area contributed by atoms with Crippen LogP contribution in [0, 0.1) is 5.41 Å². The summed E-state index contributed by atoms with van der Waals surface area (Å²) in [5.41, 5.74) is 2.93. The molecule has 5 heteroatoms. The fourth-order valence-electron chi connectivity index (χ4n) is 2.78. The molecule has 0 aromatic rings. The van der Waals surface area contributed by atoms with Crippen LogP contribution in [0.2, 0.25) is 18.6 Å². The fourth-order valence-corrected chi connectivity index (χ4v) is 4.84. The zero-order chi connectivity index (χ0) is 16.3. The van der Waals surface area contributed by atoms with E-state index in [4.69, 9.17) is 9.47 Å². The van der Waals surface area contributed by atoms with Gasteiger partial charge in [-0.25, -0.2) is 0 Å². The summed E-state index contributed by atoms with van der Waals surface area (Å²) in [6.07, 6.45) is 0.629. The van der Waals surface area contributed by atoms with E-state index in [1.165, 1.54) is 14.2 Å². The van der Waals surface area contributed by atoms with E-state index >= 15 is 0 Å². The van der Waals surface area contributed by atoms with Gasteiger partial charge in [0.2, 0.25) is 0 Å². The second-order valence-electron chi connectivity index (χ2n) is 6.05. The summed E-state index contributed by atoms with van der Waals surface area (Å²) in [6.45, 7) is 10.8. The van der Waals surface area contributed by atoms with Crippen molar-refractivity contribution >= 4 is 20.0 Å². The first-order valence-electron chi connectivity index (χ1n) is 7.35. The molecule has 1 saturated carbocycles. The van der Waals surface area contributed by atoms with Crippen LogP contribution in [0.5, 0.6) is 0 Å². The van der Waals surface area contributed by atoms with E-state index in [-0.39, 0.29) is 6.42 Å². The smallest absolute Gasteiger partial charge is 0.323 e. The van der Waals surface area contributed by atoms with Gasteiger partial charge < -0.3 is 9.47 Å². The lowest BCUT2D eigenvalue weighted by molar-refractivity contribution is -0.168. The van der Waals surface area contributed by atoms with E-state index in [9.17, 15) is 9.59 Å². The summed E-state index contributed by atoms with van der Waals surface area (Å²) >= 11 is 0. The molecule has 0 spiro atoms. The van der Waals surface area contributed by atoms with Gasteiger partial charge in [-0.15, -0.1) is 0 Å². The minimum absolute atomic E-state index is 0.288. The Hall–Kier alpha value is -1.36. The average Bonchev–Trinajstić information content (AvgIpc) is 2.83. The molecule has 118 valence electrons. The van der Waals surface area contributed by atoms with Crippen molar-refractivity contribution in [3.8, 4) is 0 Å². The number of ether oxygens (including phenoxy) is 2. The van der Waals surface area contributed by atoms with Crippen LogP contribution < -0.4 is 0 Å². The number of esters is 2. The third-order valence-corrected chi connectivity index (χ3v) is 9.03. The van der Waals surface area contributed by atoms with Gasteiger partial charge in [-0.3, -0.25) is 9.59 Å². The van der Waals surface area contributed by atoms with Gasteiger partial charge in [-0.05, 0) is 12.8 Å². The molecule has 0 unspecified atom stereocenters. The Kier molecular flexibility index (Phi) is 5.56. The number of methoxy groups -OCH3 is 2.